The molecular weight excluding hydrogens is 558 g/mol. The van der Waals surface area contributed by atoms with Crippen molar-refractivity contribution >= 4 is 34.4 Å². The minimum absolute atomic E-state index is 0.0336. The first-order valence-electron chi connectivity index (χ1n) is 13.7. The first-order valence-corrected chi connectivity index (χ1v) is 14.5. The minimum Gasteiger partial charge on any atom is -0.487 e. The van der Waals surface area contributed by atoms with E-state index >= 15 is 0 Å². The summed E-state index contributed by atoms with van der Waals surface area (Å²) in [7, 11) is 0. The number of fused-ring (bicyclic) bond motifs is 1. The Bertz CT molecular complexity index is 1450. The number of ether oxygens (including phenoxy) is 1. The number of carboxylic acids is 1. The van der Waals surface area contributed by atoms with Crippen LogP contribution < -0.4 is 10.1 Å². The van der Waals surface area contributed by atoms with Gasteiger partial charge >= 0.3 is 11.5 Å². The van der Waals surface area contributed by atoms with Crippen LogP contribution in [0.3, 0.4) is 0 Å². The van der Waals surface area contributed by atoms with Gasteiger partial charge in [-0.2, -0.15) is 13.2 Å². The van der Waals surface area contributed by atoms with Crippen LogP contribution >= 0.6 is 11.8 Å². The van der Waals surface area contributed by atoms with Crippen LogP contribution in [0.4, 0.5) is 17.6 Å². The molecule has 216 valence electrons. The Kier molecular flexibility index (Phi) is 7.16. The number of halogens is 4. The number of benzene rings is 3. The van der Waals surface area contributed by atoms with Crippen molar-refractivity contribution in [1.29, 1.82) is 0 Å². The van der Waals surface area contributed by atoms with E-state index in [2.05, 4.69) is 5.32 Å². The molecule has 0 heterocycles. The molecule has 1 amide bonds. The van der Waals surface area contributed by atoms with E-state index in [0.717, 1.165) is 38.5 Å². The maximum atomic E-state index is 14.0. The van der Waals surface area contributed by atoms with Crippen molar-refractivity contribution in [1.82, 2.24) is 5.32 Å². The molecule has 3 aromatic rings. The number of carboxylic acid groups (broad SMARTS) is 1. The van der Waals surface area contributed by atoms with Crippen LogP contribution in [0, 0.1) is 29.0 Å². The average Bonchev–Trinajstić information content (AvgIpc) is 2.89. The summed E-state index contributed by atoms with van der Waals surface area (Å²) in [6, 6.07) is 11.8. The molecule has 5 nitrogen and oxygen atoms in total. The first kappa shape index (κ1) is 27.9. The fourth-order valence-electron chi connectivity index (χ4n) is 7.77. The molecule has 4 fully saturated rings. The lowest BCUT2D eigenvalue weighted by Crippen LogP contribution is -2.59. The monoisotopic (exact) mass is 587 g/mol. The number of amides is 1. The van der Waals surface area contributed by atoms with Gasteiger partial charge < -0.3 is 15.2 Å². The molecule has 0 radical (unpaired) electrons. The van der Waals surface area contributed by atoms with Gasteiger partial charge in [-0.15, -0.1) is 0 Å². The van der Waals surface area contributed by atoms with Crippen LogP contribution in [0.5, 0.6) is 5.75 Å². The number of carbonyl (C=O) groups excluding carboxylic acids is 1. The molecule has 4 bridgehead atoms. The van der Waals surface area contributed by atoms with Gasteiger partial charge in [-0.3, -0.25) is 4.79 Å². The van der Waals surface area contributed by atoms with Crippen molar-refractivity contribution in [2.75, 3.05) is 0 Å². The number of aliphatic carboxylic acids is 1. The van der Waals surface area contributed by atoms with Crippen molar-refractivity contribution in [2.45, 2.75) is 61.6 Å². The average molecular weight is 588 g/mol. The van der Waals surface area contributed by atoms with Gasteiger partial charge in [-0.25, -0.2) is 9.18 Å². The second-order valence-corrected chi connectivity index (χ2v) is 13.0. The van der Waals surface area contributed by atoms with Crippen LogP contribution in [0.15, 0.2) is 59.5 Å². The summed E-state index contributed by atoms with van der Waals surface area (Å²) < 4.78 is 58.1. The lowest BCUT2D eigenvalue weighted by Gasteiger charge is -2.58. The van der Waals surface area contributed by atoms with Gasteiger partial charge in [0.15, 0.2) is 0 Å². The molecule has 0 aliphatic heterocycles. The Morgan fingerprint density at radius 3 is 2.20 bits per heavy atom. The van der Waals surface area contributed by atoms with Crippen LogP contribution in [-0.2, 0) is 11.4 Å². The normalized spacial score (nSPS) is 25.7. The first-order chi connectivity index (χ1) is 19.5. The Hall–Kier alpha value is -3.27. The number of carbonyl (C=O) groups is 2. The van der Waals surface area contributed by atoms with E-state index in [4.69, 9.17) is 4.74 Å². The van der Waals surface area contributed by atoms with Gasteiger partial charge in [-0.05, 0) is 115 Å². The molecule has 1 unspecified atom stereocenters. The highest BCUT2D eigenvalue weighted by Crippen LogP contribution is 2.61. The molecule has 0 spiro atoms. The molecule has 0 aromatic heterocycles. The summed E-state index contributed by atoms with van der Waals surface area (Å²) in [6.07, 6.45) is 5.77. The van der Waals surface area contributed by atoms with Crippen LogP contribution in [0.2, 0.25) is 0 Å². The zero-order valence-electron chi connectivity index (χ0n) is 22.0. The lowest BCUT2D eigenvalue weighted by atomic mass is 9.47. The van der Waals surface area contributed by atoms with Crippen LogP contribution in [-0.4, -0.2) is 28.5 Å². The molecule has 3 aromatic carbocycles. The van der Waals surface area contributed by atoms with Gasteiger partial charge in [0.2, 0.25) is 0 Å². The second-order valence-electron chi connectivity index (χ2n) is 11.8. The van der Waals surface area contributed by atoms with Crippen molar-refractivity contribution in [3.8, 4) is 5.75 Å². The second kappa shape index (κ2) is 10.5. The minimum atomic E-state index is -4.40. The molecular formula is C31H29F4NO4S. The highest BCUT2D eigenvalue weighted by molar-refractivity contribution is 8.00. The molecule has 41 heavy (non-hydrogen) atoms. The Morgan fingerprint density at radius 1 is 0.976 bits per heavy atom. The maximum Gasteiger partial charge on any atom is 0.446 e. The third-order valence-corrected chi connectivity index (χ3v) is 9.68. The van der Waals surface area contributed by atoms with E-state index in [0.29, 0.717) is 34.1 Å². The van der Waals surface area contributed by atoms with Gasteiger partial charge in [0, 0.05) is 15.7 Å². The summed E-state index contributed by atoms with van der Waals surface area (Å²) >= 11 is -0.216. The summed E-state index contributed by atoms with van der Waals surface area (Å²) in [6.45, 7) is -0.0644. The van der Waals surface area contributed by atoms with Gasteiger partial charge in [0.25, 0.3) is 5.91 Å². The third kappa shape index (κ3) is 5.76. The van der Waals surface area contributed by atoms with Gasteiger partial charge in [0.1, 0.15) is 24.2 Å². The van der Waals surface area contributed by atoms with E-state index in [1.807, 2.05) is 0 Å². The topological polar surface area (TPSA) is 75.6 Å². The summed E-state index contributed by atoms with van der Waals surface area (Å²) in [5.74, 6) is -0.468. The number of alkyl halides is 3. The zero-order valence-corrected chi connectivity index (χ0v) is 22.9. The number of rotatable bonds is 8. The molecule has 1 atom stereocenters. The Labute approximate surface area is 238 Å². The molecule has 4 saturated carbocycles. The number of hydrogen-bond donors (Lipinski definition) is 2. The van der Waals surface area contributed by atoms with Crippen molar-refractivity contribution in [3.05, 3.63) is 71.5 Å². The van der Waals surface area contributed by atoms with Crippen molar-refractivity contribution < 1.29 is 37.0 Å². The SMILES string of the molecule is O=C(NC(C(=O)O)C12CC3CC(CC(C3)C1)C2)c1ccc2cc(F)ccc2c1OCc1ccc(SC(F)(F)F)cc1. The highest BCUT2D eigenvalue weighted by atomic mass is 32.2. The van der Waals surface area contributed by atoms with Crippen molar-refractivity contribution in [2.24, 2.45) is 23.2 Å². The lowest BCUT2D eigenvalue weighted by molar-refractivity contribution is -0.150. The predicted octanol–water partition coefficient (Wildman–Crippen LogP) is 7.57. The Morgan fingerprint density at radius 2 is 1.61 bits per heavy atom. The fourth-order valence-corrected chi connectivity index (χ4v) is 8.31. The maximum absolute atomic E-state index is 14.0. The third-order valence-electron chi connectivity index (χ3n) is 8.94. The molecule has 10 heteroatoms. The van der Waals surface area contributed by atoms with E-state index in [-0.39, 0.29) is 34.6 Å². The van der Waals surface area contributed by atoms with Crippen LogP contribution in [0.25, 0.3) is 10.8 Å². The molecule has 7 rings (SSSR count). The predicted molar refractivity (Wildman–Crippen MR) is 146 cm³/mol. The number of thioether (sulfide) groups is 1. The summed E-state index contributed by atoms with van der Waals surface area (Å²) in [5.41, 5.74) is -4.20. The zero-order chi connectivity index (χ0) is 28.9. The quantitative estimate of drug-likeness (QED) is 0.210. The smallest absolute Gasteiger partial charge is 0.446 e. The van der Waals surface area contributed by atoms with E-state index in [1.165, 1.54) is 48.5 Å². The summed E-state index contributed by atoms with van der Waals surface area (Å²) in [4.78, 5) is 26.4. The Balaban J connectivity index is 1.28. The highest BCUT2D eigenvalue weighted by Gasteiger charge is 2.56. The summed E-state index contributed by atoms with van der Waals surface area (Å²) in [5, 5.41) is 14.1. The van der Waals surface area contributed by atoms with E-state index < -0.39 is 34.7 Å². The van der Waals surface area contributed by atoms with Crippen molar-refractivity contribution in [3.63, 3.8) is 0 Å². The van der Waals surface area contributed by atoms with Gasteiger partial charge in [-0.1, -0.05) is 18.2 Å². The number of nitrogens with one attached hydrogen (secondary N) is 1. The van der Waals surface area contributed by atoms with E-state index in [9.17, 15) is 32.3 Å². The number of hydrogen-bond acceptors (Lipinski definition) is 4. The largest absolute Gasteiger partial charge is 0.487 e. The molecule has 4 aliphatic rings. The molecule has 2 N–H and O–H groups in total. The van der Waals surface area contributed by atoms with E-state index in [1.54, 1.807) is 6.07 Å². The fraction of sp³-hybridized carbons (Fsp3) is 0.419. The molecule has 4 aliphatic carbocycles. The van der Waals surface area contributed by atoms with Gasteiger partial charge in [0.05, 0.1) is 5.56 Å². The van der Waals surface area contributed by atoms with Crippen LogP contribution in [0.1, 0.15) is 54.4 Å². The standard InChI is InChI=1S/C31H29F4NO4S/c32-22-4-8-24-21(12-22)3-7-25(26(24)40-16-17-1-5-23(6-2-17)41-31(33,34)35)28(37)36-27(29(38)39)30-13-18-9-19(14-30)11-20(10-18)15-30/h1-8,12,18-20,27H,9-11,13-16H2,(H,36,37)(H,38,39). The molecule has 0 saturated heterocycles.